The predicted molar refractivity (Wildman–Crippen MR) is 466 cm³/mol. The number of aliphatic hydroxyl groups is 3. The van der Waals surface area contributed by atoms with Gasteiger partial charge in [0, 0.05) is 83.7 Å². The van der Waals surface area contributed by atoms with Gasteiger partial charge < -0.3 is 44.2 Å². The molecule has 12 nitrogen and oxygen atoms in total. The first-order chi connectivity index (χ1) is 53.7. The van der Waals surface area contributed by atoms with E-state index in [0.717, 1.165) is 129 Å². The van der Waals surface area contributed by atoms with Gasteiger partial charge in [-0.15, -0.1) is 0 Å². The van der Waals surface area contributed by atoms with Gasteiger partial charge in [-0.2, -0.15) is 0 Å². The summed E-state index contributed by atoms with van der Waals surface area (Å²) in [5, 5.41) is 48.5. The molecule has 0 unspecified atom stereocenters. The van der Waals surface area contributed by atoms with E-state index < -0.39 is 34.6 Å². The van der Waals surface area contributed by atoms with Crippen LogP contribution in [0.3, 0.4) is 0 Å². The third-order valence-electron chi connectivity index (χ3n) is 21.2. The summed E-state index contributed by atoms with van der Waals surface area (Å²) in [5.74, 6) is 0.285. The number of rotatable bonds is 24. The van der Waals surface area contributed by atoms with Crippen LogP contribution in [0.2, 0.25) is 0 Å². The molecule has 0 spiro atoms. The Morgan fingerprint density at radius 3 is 0.793 bits per heavy atom. The van der Waals surface area contributed by atoms with Crippen molar-refractivity contribution in [2.75, 3.05) is 83.2 Å². The zero-order chi connectivity index (χ0) is 78.0. The third-order valence-corrected chi connectivity index (χ3v) is 22.7. The average Bonchev–Trinajstić information content (AvgIpc) is 0.749. The maximum atomic E-state index is 13.0. The molecule has 0 fully saturated rings. The van der Waals surface area contributed by atoms with Crippen molar-refractivity contribution in [3.8, 4) is 17.6 Å². The summed E-state index contributed by atoms with van der Waals surface area (Å²) >= 11 is 10.8. The van der Waals surface area contributed by atoms with E-state index in [-0.39, 0.29) is 0 Å². The Balaban J connectivity index is 0.000000146. The molecule has 15 heteroatoms. The molecular formula is C96H93Br3N6O6. The van der Waals surface area contributed by atoms with Gasteiger partial charge in [-0.25, -0.2) is 15.0 Å². The van der Waals surface area contributed by atoms with Crippen LogP contribution >= 0.6 is 47.8 Å². The molecule has 3 aromatic heterocycles. The van der Waals surface area contributed by atoms with E-state index in [1.807, 2.05) is 188 Å². The SMILES string of the molecule is COc1nc2ccc(Br)cc2cc1[C@@H](c1ccccc1)[C@@](O)(CCN(C)C)c1cccc2ccccc12.COc1nc2ccc(Br)cc2cc1[C@@H](c1ccccc1)[C@@](O)(CCN(C)C)c1cccc2ccccc12.COc1nc2ccc(Br)cc2cc1[C@@H](c1ccccc1)[C@@](O)(CCN(C)C)c1cccc2ccccc12. The fourth-order valence-electron chi connectivity index (χ4n) is 15.9. The van der Waals surface area contributed by atoms with E-state index in [2.05, 4.69) is 208 Å². The third kappa shape index (κ3) is 17.3. The van der Waals surface area contributed by atoms with Gasteiger partial charge in [0.15, 0.2) is 0 Å². The molecule has 6 atom stereocenters. The predicted octanol–water partition coefficient (Wildman–Crippen LogP) is 21.4. The lowest BCUT2D eigenvalue weighted by atomic mass is 9.70. The topological polar surface area (TPSA) is 137 Å². The van der Waals surface area contributed by atoms with Crippen molar-refractivity contribution in [3.63, 3.8) is 0 Å². The maximum Gasteiger partial charge on any atom is 0.217 e. The summed E-state index contributed by atoms with van der Waals surface area (Å²) in [6.45, 7) is 2.12. The van der Waals surface area contributed by atoms with Gasteiger partial charge in [0.05, 0.1) is 37.9 Å². The molecule has 111 heavy (non-hydrogen) atoms. The van der Waals surface area contributed by atoms with Gasteiger partial charge in [0.25, 0.3) is 0 Å². The van der Waals surface area contributed by atoms with Crippen LogP contribution < -0.4 is 14.2 Å². The van der Waals surface area contributed by atoms with Crippen molar-refractivity contribution in [2.45, 2.75) is 53.8 Å². The summed E-state index contributed by atoms with van der Waals surface area (Å²) in [6.07, 6.45) is 1.56. The zero-order valence-corrected chi connectivity index (χ0v) is 68.8. The Labute approximate surface area is 676 Å². The minimum Gasteiger partial charge on any atom is -0.481 e. The minimum absolute atomic E-state index is 0.426. The smallest absolute Gasteiger partial charge is 0.217 e. The van der Waals surface area contributed by atoms with E-state index in [4.69, 9.17) is 29.2 Å². The second kappa shape index (κ2) is 35.3. The van der Waals surface area contributed by atoms with E-state index in [1.165, 1.54) is 0 Å². The quantitative estimate of drug-likeness (QED) is 0.0531. The Morgan fingerprint density at radius 2 is 0.541 bits per heavy atom. The van der Waals surface area contributed by atoms with Crippen molar-refractivity contribution in [3.05, 3.63) is 355 Å². The molecule has 3 heterocycles. The number of aromatic nitrogens is 3. The Morgan fingerprint density at radius 1 is 0.297 bits per heavy atom. The Hall–Kier alpha value is -9.75. The highest BCUT2D eigenvalue weighted by Crippen LogP contribution is 2.53. The number of fused-ring (bicyclic) bond motifs is 6. The minimum atomic E-state index is -1.25. The standard InChI is InChI=1S/3C32H31BrN2O2/c3*1-35(2)19-18-32(36,28-15-9-13-22-10-7-8-14-26(22)28)30(23-11-5-4-6-12-23)27-21-24-20-25(33)16-17-29(24)34-31(27)37-3/h3*4-17,20-21,30,36H,18-19H2,1-3H3/t3*30-,32-/m111/s1. The molecule has 15 rings (SSSR count). The van der Waals surface area contributed by atoms with E-state index >= 15 is 0 Å². The number of ether oxygens (including phenoxy) is 3. The number of methoxy groups -OCH3 is 3. The van der Waals surface area contributed by atoms with Gasteiger partial charge in [0.1, 0.15) is 16.8 Å². The van der Waals surface area contributed by atoms with Crippen molar-refractivity contribution in [2.24, 2.45) is 0 Å². The summed E-state index contributed by atoms with van der Waals surface area (Å²) in [7, 11) is 17.2. The number of hydrogen-bond acceptors (Lipinski definition) is 12. The van der Waals surface area contributed by atoms with Crippen molar-refractivity contribution >= 4 is 113 Å². The average molecular weight is 1670 g/mol. The highest BCUT2D eigenvalue weighted by Gasteiger charge is 2.46. The van der Waals surface area contributed by atoms with Crippen LogP contribution in [0.1, 0.15) is 87.1 Å². The lowest BCUT2D eigenvalue weighted by Gasteiger charge is -2.39. The van der Waals surface area contributed by atoms with E-state index in [0.29, 0.717) is 56.5 Å². The van der Waals surface area contributed by atoms with Crippen molar-refractivity contribution in [1.82, 2.24) is 29.7 Å². The molecule has 12 aromatic carbocycles. The van der Waals surface area contributed by atoms with Crippen LogP contribution in [0.15, 0.2) is 305 Å². The molecule has 0 bridgehead atoms. The highest BCUT2D eigenvalue weighted by atomic mass is 79.9. The van der Waals surface area contributed by atoms with Crippen molar-refractivity contribution < 1.29 is 29.5 Å². The summed E-state index contributed by atoms with van der Waals surface area (Å²) in [4.78, 5) is 21.0. The van der Waals surface area contributed by atoms with Crippen LogP contribution in [-0.4, -0.2) is 128 Å². The normalized spacial score (nSPS) is 14.1. The van der Waals surface area contributed by atoms with Gasteiger partial charge in [-0.1, -0.05) is 266 Å². The van der Waals surface area contributed by atoms with Crippen LogP contribution in [0.5, 0.6) is 17.6 Å². The van der Waals surface area contributed by atoms with Gasteiger partial charge in [0.2, 0.25) is 17.6 Å². The zero-order valence-electron chi connectivity index (χ0n) is 64.1. The first-order valence-corrected chi connectivity index (χ1v) is 39.7. The summed E-state index contributed by atoms with van der Waals surface area (Å²) in [5.41, 5.74) is 7.07. The van der Waals surface area contributed by atoms with E-state index in [9.17, 15) is 15.3 Å². The van der Waals surface area contributed by atoms with Gasteiger partial charge in [-0.05, 0) is 200 Å². The lowest BCUT2D eigenvalue weighted by molar-refractivity contribution is 0.00490. The van der Waals surface area contributed by atoms with Crippen LogP contribution in [-0.2, 0) is 16.8 Å². The molecule has 15 aromatic rings. The molecule has 0 saturated heterocycles. The fourth-order valence-corrected chi connectivity index (χ4v) is 17.1. The molecule has 3 N–H and O–H groups in total. The van der Waals surface area contributed by atoms with Crippen LogP contribution in [0, 0.1) is 0 Å². The second-order valence-electron chi connectivity index (χ2n) is 29.3. The monoisotopic (exact) mass is 1660 g/mol. The number of halogens is 3. The Bertz CT molecular complexity index is 5150. The maximum absolute atomic E-state index is 13.0. The summed E-state index contributed by atoms with van der Waals surface area (Å²) in [6, 6.07) is 98.4. The van der Waals surface area contributed by atoms with Crippen LogP contribution in [0.25, 0.3) is 65.0 Å². The first kappa shape index (κ1) is 79.3. The molecule has 0 aliphatic heterocycles. The van der Waals surface area contributed by atoms with Gasteiger partial charge in [-0.3, -0.25) is 0 Å². The highest BCUT2D eigenvalue weighted by molar-refractivity contribution is 9.11. The summed E-state index contributed by atoms with van der Waals surface area (Å²) < 4.78 is 20.6. The first-order valence-electron chi connectivity index (χ1n) is 37.3. The molecule has 564 valence electrons. The lowest BCUT2D eigenvalue weighted by Crippen LogP contribution is -2.38. The molecule has 0 radical (unpaired) electrons. The number of benzene rings is 12. The van der Waals surface area contributed by atoms with Crippen molar-refractivity contribution in [1.29, 1.82) is 0 Å². The molecule has 0 aliphatic carbocycles. The van der Waals surface area contributed by atoms with Crippen LogP contribution in [0.4, 0.5) is 0 Å². The Kier molecular flexibility index (Phi) is 25.2. The number of pyridine rings is 3. The number of hydrogen-bond donors (Lipinski definition) is 3. The molecule has 0 saturated carbocycles. The molecular weight excluding hydrogens is 1570 g/mol. The van der Waals surface area contributed by atoms with Gasteiger partial charge >= 0.3 is 0 Å². The largest absolute Gasteiger partial charge is 0.481 e. The number of nitrogens with zero attached hydrogens (tertiary/aromatic N) is 6. The fraction of sp³-hybridized carbons (Fsp3) is 0.219. The van der Waals surface area contributed by atoms with E-state index in [1.54, 1.807) is 21.3 Å². The molecule has 0 aliphatic rings. The molecule has 0 amide bonds. The second-order valence-corrected chi connectivity index (χ2v) is 32.1.